The van der Waals surface area contributed by atoms with Crippen LogP contribution in [-0.2, 0) is 6.54 Å². The van der Waals surface area contributed by atoms with Crippen molar-refractivity contribution in [2.75, 3.05) is 27.2 Å². The maximum Gasteiger partial charge on any atom is 0.446 e. The number of benzene rings is 1. The van der Waals surface area contributed by atoms with Gasteiger partial charge in [0.15, 0.2) is 0 Å². The Morgan fingerprint density at radius 1 is 1.22 bits per heavy atom. The van der Waals surface area contributed by atoms with Crippen LogP contribution >= 0.6 is 11.8 Å². The van der Waals surface area contributed by atoms with Crippen molar-refractivity contribution in [1.29, 1.82) is 0 Å². The molecule has 0 spiro atoms. The Morgan fingerprint density at radius 2 is 1.83 bits per heavy atom. The molecule has 1 N–H and O–H groups in total. The minimum Gasteiger partial charge on any atom is -0.318 e. The highest BCUT2D eigenvalue weighted by atomic mass is 32.2. The van der Waals surface area contributed by atoms with Gasteiger partial charge in [0.25, 0.3) is 0 Å². The molecule has 0 heterocycles. The van der Waals surface area contributed by atoms with E-state index in [0.717, 1.165) is 25.2 Å². The Kier molecular flexibility index (Phi) is 5.98. The minimum absolute atomic E-state index is 0.0814. The third kappa shape index (κ3) is 6.28. The molecule has 2 nitrogen and oxygen atoms in total. The molecule has 0 bridgehead atoms. The van der Waals surface area contributed by atoms with Gasteiger partial charge in [-0.25, -0.2) is 0 Å². The predicted octanol–water partition coefficient (Wildman–Crippen LogP) is 2.95. The van der Waals surface area contributed by atoms with Gasteiger partial charge in [0.1, 0.15) is 0 Å². The van der Waals surface area contributed by atoms with E-state index in [1.807, 2.05) is 14.1 Å². The molecular formula is C12H17F3N2S. The van der Waals surface area contributed by atoms with Crippen LogP contribution in [-0.4, -0.2) is 37.6 Å². The maximum atomic E-state index is 12.1. The molecule has 18 heavy (non-hydrogen) atoms. The molecule has 0 aromatic heterocycles. The summed E-state index contributed by atoms with van der Waals surface area (Å²) in [5, 5.41) is 3.05. The first kappa shape index (κ1) is 15.3. The van der Waals surface area contributed by atoms with Crippen molar-refractivity contribution in [2.24, 2.45) is 0 Å². The van der Waals surface area contributed by atoms with Gasteiger partial charge in [-0.15, -0.1) is 0 Å². The van der Waals surface area contributed by atoms with E-state index in [1.54, 1.807) is 12.1 Å². The average molecular weight is 278 g/mol. The number of rotatable bonds is 6. The summed E-state index contributed by atoms with van der Waals surface area (Å²) < 4.78 is 36.4. The fraction of sp³-hybridized carbons (Fsp3) is 0.500. The molecule has 102 valence electrons. The molecule has 0 radical (unpaired) electrons. The van der Waals surface area contributed by atoms with Crippen molar-refractivity contribution in [3.63, 3.8) is 0 Å². The zero-order chi connectivity index (χ0) is 13.6. The van der Waals surface area contributed by atoms with E-state index in [1.165, 1.54) is 12.1 Å². The van der Waals surface area contributed by atoms with E-state index in [-0.39, 0.29) is 16.7 Å². The second kappa shape index (κ2) is 7.01. The molecule has 0 aliphatic carbocycles. The standard InChI is InChI=1S/C12H17F3N2S/c1-16-7-8-17(2)9-10-3-5-11(6-4-10)18-12(13,14)15/h3-6,16H,7-9H2,1-2H3. The molecular weight excluding hydrogens is 261 g/mol. The highest BCUT2D eigenvalue weighted by Crippen LogP contribution is 2.36. The van der Waals surface area contributed by atoms with Gasteiger partial charge in [0.2, 0.25) is 0 Å². The molecule has 1 aromatic rings. The van der Waals surface area contributed by atoms with Crippen molar-refractivity contribution in [2.45, 2.75) is 16.9 Å². The molecule has 1 aromatic carbocycles. The fourth-order valence-corrected chi connectivity index (χ4v) is 2.03. The number of likely N-dealkylation sites (N-methyl/N-ethyl adjacent to an activating group) is 2. The summed E-state index contributed by atoms with van der Waals surface area (Å²) in [4.78, 5) is 2.34. The van der Waals surface area contributed by atoms with E-state index in [2.05, 4.69) is 10.2 Å². The topological polar surface area (TPSA) is 15.3 Å². The fourth-order valence-electron chi connectivity index (χ4n) is 1.49. The van der Waals surface area contributed by atoms with Gasteiger partial charge in [0, 0.05) is 24.5 Å². The average Bonchev–Trinajstić information content (AvgIpc) is 2.27. The normalized spacial score (nSPS) is 12.1. The van der Waals surface area contributed by atoms with Gasteiger partial charge in [-0.3, -0.25) is 0 Å². The molecule has 0 aliphatic rings. The van der Waals surface area contributed by atoms with E-state index in [4.69, 9.17) is 0 Å². The smallest absolute Gasteiger partial charge is 0.318 e. The molecule has 0 atom stereocenters. The van der Waals surface area contributed by atoms with Gasteiger partial charge in [-0.2, -0.15) is 13.2 Å². The molecule has 0 saturated carbocycles. The van der Waals surface area contributed by atoms with E-state index >= 15 is 0 Å². The number of halogens is 3. The van der Waals surface area contributed by atoms with Gasteiger partial charge in [-0.1, -0.05) is 12.1 Å². The Hall–Kier alpha value is -0.720. The van der Waals surface area contributed by atoms with Crippen LogP contribution in [0.3, 0.4) is 0 Å². The number of thioether (sulfide) groups is 1. The second-order valence-corrected chi connectivity index (χ2v) is 5.17. The van der Waals surface area contributed by atoms with Crippen molar-refractivity contribution >= 4 is 11.8 Å². The monoisotopic (exact) mass is 278 g/mol. The number of hydrogen-bond donors (Lipinski definition) is 1. The highest BCUT2D eigenvalue weighted by molar-refractivity contribution is 8.00. The summed E-state index contributed by atoms with van der Waals surface area (Å²) in [7, 11) is 3.87. The van der Waals surface area contributed by atoms with Crippen LogP contribution < -0.4 is 5.32 Å². The summed E-state index contributed by atoms with van der Waals surface area (Å²) in [6.45, 7) is 2.52. The summed E-state index contributed by atoms with van der Waals surface area (Å²) in [6, 6.07) is 6.51. The lowest BCUT2D eigenvalue weighted by Gasteiger charge is -2.16. The lowest BCUT2D eigenvalue weighted by molar-refractivity contribution is -0.0328. The lowest BCUT2D eigenvalue weighted by Crippen LogP contribution is -2.26. The molecule has 0 fully saturated rings. The predicted molar refractivity (Wildman–Crippen MR) is 68.6 cm³/mol. The van der Waals surface area contributed by atoms with Crippen LogP contribution in [0.1, 0.15) is 5.56 Å². The van der Waals surface area contributed by atoms with Crippen molar-refractivity contribution in [3.8, 4) is 0 Å². The van der Waals surface area contributed by atoms with Gasteiger partial charge in [0.05, 0.1) is 0 Å². The Balaban J connectivity index is 2.50. The number of nitrogens with zero attached hydrogens (tertiary/aromatic N) is 1. The minimum atomic E-state index is -4.22. The summed E-state index contributed by atoms with van der Waals surface area (Å²) in [5.74, 6) is 0. The highest BCUT2D eigenvalue weighted by Gasteiger charge is 2.28. The van der Waals surface area contributed by atoms with Gasteiger partial charge >= 0.3 is 5.51 Å². The van der Waals surface area contributed by atoms with Crippen molar-refractivity contribution in [3.05, 3.63) is 29.8 Å². The van der Waals surface area contributed by atoms with Crippen molar-refractivity contribution in [1.82, 2.24) is 10.2 Å². The number of alkyl halides is 3. The van der Waals surface area contributed by atoms with E-state index in [9.17, 15) is 13.2 Å². The molecule has 1 rings (SSSR count). The van der Waals surface area contributed by atoms with E-state index < -0.39 is 5.51 Å². The Bertz CT molecular complexity index is 351. The quantitative estimate of drug-likeness (QED) is 0.805. The number of hydrogen-bond acceptors (Lipinski definition) is 3. The van der Waals surface area contributed by atoms with Crippen LogP contribution in [0, 0.1) is 0 Å². The third-order valence-corrected chi connectivity index (χ3v) is 3.09. The second-order valence-electron chi connectivity index (χ2n) is 4.03. The maximum absolute atomic E-state index is 12.1. The van der Waals surface area contributed by atoms with Crippen LogP contribution in [0.5, 0.6) is 0 Å². The Morgan fingerprint density at radius 3 is 2.33 bits per heavy atom. The molecule has 6 heteroatoms. The van der Waals surface area contributed by atoms with Gasteiger partial charge < -0.3 is 10.2 Å². The summed E-state index contributed by atoms with van der Waals surface area (Å²) in [5.41, 5.74) is -3.20. The molecule has 0 amide bonds. The van der Waals surface area contributed by atoms with Crippen molar-refractivity contribution < 1.29 is 13.2 Å². The SMILES string of the molecule is CNCCN(C)Cc1ccc(SC(F)(F)F)cc1. The Labute approximate surface area is 110 Å². The first-order chi connectivity index (χ1) is 8.40. The van der Waals surface area contributed by atoms with Crippen LogP contribution in [0.2, 0.25) is 0 Å². The number of nitrogens with one attached hydrogen (secondary N) is 1. The summed E-state index contributed by atoms with van der Waals surface area (Å²) in [6.07, 6.45) is 0. The first-order valence-corrected chi connectivity index (χ1v) is 6.40. The first-order valence-electron chi connectivity index (χ1n) is 5.58. The molecule has 0 aliphatic heterocycles. The van der Waals surface area contributed by atoms with Crippen LogP contribution in [0.15, 0.2) is 29.2 Å². The third-order valence-electron chi connectivity index (χ3n) is 2.35. The molecule has 0 saturated heterocycles. The van der Waals surface area contributed by atoms with Crippen LogP contribution in [0.25, 0.3) is 0 Å². The summed E-state index contributed by atoms with van der Waals surface area (Å²) >= 11 is -0.0814. The largest absolute Gasteiger partial charge is 0.446 e. The van der Waals surface area contributed by atoms with Crippen LogP contribution in [0.4, 0.5) is 13.2 Å². The zero-order valence-electron chi connectivity index (χ0n) is 10.4. The lowest BCUT2D eigenvalue weighted by atomic mass is 10.2. The zero-order valence-corrected chi connectivity index (χ0v) is 11.2. The van der Waals surface area contributed by atoms with E-state index in [0.29, 0.717) is 0 Å². The van der Waals surface area contributed by atoms with Gasteiger partial charge in [-0.05, 0) is 43.6 Å². The molecule has 0 unspecified atom stereocenters.